The second-order valence-electron chi connectivity index (χ2n) is 7.19. The molecule has 1 saturated carbocycles. The molecule has 1 amide bonds. The third kappa shape index (κ3) is 3.58. The Bertz CT molecular complexity index is 702. The van der Waals surface area contributed by atoms with Crippen LogP contribution in [0.5, 0.6) is 0 Å². The Kier molecular flexibility index (Phi) is 4.53. The number of nitrogens with one attached hydrogen (secondary N) is 1. The van der Waals surface area contributed by atoms with Crippen molar-refractivity contribution in [3.05, 3.63) is 42.2 Å². The van der Waals surface area contributed by atoms with Crippen LogP contribution < -0.4 is 5.32 Å². The summed E-state index contributed by atoms with van der Waals surface area (Å²) >= 11 is 0. The van der Waals surface area contributed by atoms with Gasteiger partial charge >= 0.3 is 0 Å². The Morgan fingerprint density at radius 2 is 1.92 bits per heavy atom. The molecular weight excluding hydrogens is 314 g/mol. The molecule has 6 nitrogen and oxygen atoms in total. The lowest BCUT2D eigenvalue weighted by atomic mass is 10.1. The standard InChI is InChI=1S/C19H25N5O/c1-14(15-6-8-17(9-7-15)24-13-10-20-22-24)21-19(25)18(16-4-5-16)23-11-2-3-12-23/h6-10,13-14,16,18H,2-5,11-12H2,1H3,(H,21,25)/t14-,18-/m0/s1. The van der Waals surface area contributed by atoms with E-state index < -0.39 is 0 Å². The Balaban J connectivity index is 1.42. The van der Waals surface area contributed by atoms with E-state index in [2.05, 4.69) is 27.5 Å². The highest BCUT2D eigenvalue weighted by atomic mass is 16.2. The third-order valence-corrected chi connectivity index (χ3v) is 5.31. The second kappa shape index (κ2) is 6.96. The Morgan fingerprint density at radius 1 is 1.20 bits per heavy atom. The van der Waals surface area contributed by atoms with E-state index in [1.807, 2.05) is 30.5 Å². The zero-order valence-electron chi connectivity index (χ0n) is 14.6. The average molecular weight is 339 g/mol. The zero-order valence-corrected chi connectivity index (χ0v) is 14.6. The highest BCUT2D eigenvalue weighted by Gasteiger charge is 2.41. The van der Waals surface area contributed by atoms with E-state index in [0.29, 0.717) is 5.92 Å². The van der Waals surface area contributed by atoms with Crippen LogP contribution in [0.25, 0.3) is 5.69 Å². The Labute approximate surface area is 148 Å². The molecule has 1 aliphatic carbocycles. The van der Waals surface area contributed by atoms with Gasteiger partial charge < -0.3 is 5.32 Å². The second-order valence-corrected chi connectivity index (χ2v) is 7.19. The van der Waals surface area contributed by atoms with Gasteiger partial charge in [-0.15, -0.1) is 5.10 Å². The molecule has 1 aromatic heterocycles. The lowest BCUT2D eigenvalue weighted by Crippen LogP contribution is -2.47. The molecule has 2 atom stereocenters. The van der Waals surface area contributed by atoms with E-state index in [4.69, 9.17) is 0 Å². The number of amides is 1. The molecule has 2 heterocycles. The minimum absolute atomic E-state index is 0.00106. The van der Waals surface area contributed by atoms with Crippen molar-refractivity contribution in [2.75, 3.05) is 13.1 Å². The van der Waals surface area contributed by atoms with Crippen LogP contribution in [0.15, 0.2) is 36.7 Å². The van der Waals surface area contributed by atoms with Gasteiger partial charge in [-0.25, -0.2) is 4.68 Å². The van der Waals surface area contributed by atoms with Crippen molar-refractivity contribution >= 4 is 5.91 Å². The van der Waals surface area contributed by atoms with Gasteiger partial charge in [0.05, 0.1) is 30.2 Å². The van der Waals surface area contributed by atoms with Crippen molar-refractivity contribution in [1.29, 1.82) is 0 Å². The number of benzene rings is 1. The fraction of sp³-hybridized carbons (Fsp3) is 0.526. The molecule has 0 radical (unpaired) electrons. The molecule has 1 N–H and O–H groups in total. The maximum Gasteiger partial charge on any atom is 0.238 e. The van der Waals surface area contributed by atoms with Gasteiger partial charge in [0.15, 0.2) is 0 Å². The number of carbonyl (C=O) groups is 1. The van der Waals surface area contributed by atoms with Crippen molar-refractivity contribution in [3.63, 3.8) is 0 Å². The first-order chi connectivity index (χ1) is 12.2. The summed E-state index contributed by atoms with van der Waals surface area (Å²) in [5, 5.41) is 11.1. The summed E-state index contributed by atoms with van der Waals surface area (Å²) < 4.78 is 1.73. The SMILES string of the molecule is C[C@H](NC(=O)[C@H](C1CC1)N1CCCC1)c1ccc(-n2ccnn2)cc1. The highest BCUT2D eigenvalue weighted by Crippen LogP contribution is 2.37. The molecule has 25 heavy (non-hydrogen) atoms. The van der Waals surface area contributed by atoms with Crippen molar-refractivity contribution in [3.8, 4) is 5.69 Å². The molecule has 2 aromatic rings. The molecule has 132 valence electrons. The normalized spacial score (nSPS) is 20.4. The summed E-state index contributed by atoms with van der Waals surface area (Å²) in [6.07, 6.45) is 8.29. The molecular formula is C19H25N5O. The smallest absolute Gasteiger partial charge is 0.238 e. The van der Waals surface area contributed by atoms with E-state index in [0.717, 1.165) is 24.3 Å². The zero-order chi connectivity index (χ0) is 17.2. The van der Waals surface area contributed by atoms with Crippen LogP contribution in [-0.4, -0.2) is 44.9 Å². The van der Waals surface area contributed by atoms with Crippen LogP contribution in [0.1, 0.15) is 44.2 Å². The van der Waals surface area contributed by atoms with Crippen molar-refractivity contribution in [1.82, 2.24) is 25.2 Å². The van der Waals surface area contributed by atoms with E-state index in [9.17, 15) is 4.79 Å². The van der Waals surface area contributed by atoms with E-state index >= 15 is 0 Å². The summed E-state index contributed by atoms with van der Waals surface area (Å²) in [4.78, 5) is 15.3. The molecule has 4 rings (SSSR count). The van der Waals surface area contributed by atoms with Crippen LogP contribution in [0.4, 0.5) is 0 Å². The van der Waals surface area contributed by atoms with Crippen molar-refractivity contribution < 1.29 is 4.79 Å². The molecule has 1 aromatic carbocycles. The quantitative estimate of drug-likeness (QED) is 0.877. The monoisotopic (exact) mass is 339 g/mol. The van der Waals surface area contributed by atoms with Crippen LogP contribution in [-0.2, 0) is 4.79 Å². The summed E-state index contributed by atoms with van der Waals surface area (Å²) in [6.45, 7) is 4.18. The van der Waals surface area contributed by atoms with Gasteiger partial charge in [0.1, 0.15) is 0 Å². The summed E-state index contributed by atoms with van der Waals surface area (Å²) in [5.41, 5.74) is 2.07. The van der Waals surface area contributed by atoms with Gasteiger partial charge in [-0.1, -0.05) is 17.3 Å². The van der Waals surface area contributed by atoms with Crippen LogP contribution in [0.3, 0.4) is 0 Å². The van der Waals surface area contributed by atoms with Crippen molar-refractivity contribution in [2.24, 2.45) is 5.92 Å². The Morgan fingerprint density at radius 3 is 2.52 bits per heavy atom. The summed E-state index contributed by atoms with van der Waals surface area (Å²) in [7, 11) is 0. The molecule has 2 aliphatic rings. The average Bonchev–Trinajstić information content (AvgIpc) is 3.09. The van der Waals surface area contributed by atoms with E-state index in [-0.39, 0.29) is 18.0 Å². The van der Waals surface area contributed by atoms with Gasteiger partial charge in [-0.2, -0.15) is 0 Å². The van der Waals surface area contributed by atoms with Crippen molar-refractivity contribution in [2.45, 2.75) is 44.7 Å². The number of nitrogens with zero attached hydrogens (tertiary/aromatic N) is 4. The Hall–Kier alpha value is -2.21. The van der Waals surface area contributed by atoms with Crippen LogP contribution in [0.2, 0.25) is 0 Å². The van der Waals surface area contributed by atoms with E-state index in [1.54, 1.807) is 10.9 Å². The maximum absolute atomic E-state index is 12.9. The lowest BCUT2D eigenvalue weighted by molar-refractivity contribution is -0.127. The molecule has 0 bridgehead atoms. The lowest BCUT2D eigenvalue weighted by Gasteiger charge is -2.28. The van der Waals surface area contributed by atoms with Crippen LogP contribution in [0, 0.1) is 5.92 Å². The molecule has 0 unspecified atom stereocenters. The summed E-state index contributed by atoms with van der Waals surface area (Å²) in [6, 6.07) is 8.17. The first-order valence-corrected chi connectivity index (χ1v) is 9.23. The number of hydrogen-bond acceptors (Lipinski definition) is 4. The first-order valence-electron chi connectivity index (χ1n) is 9.23. The predicted molar refractivity (Wildman–Crippen MR) is 95.2 cm³/mol. The molecule has 1 aliphatic heterocycles. The number of aromatic nitrogens is 3. The molecule has 6 heteroatoms. The number of hydrogen-bond donors (Lipinski definition) is 1. The van der Waals surface area contributed by atoms with Gasteiger partial charge in [-0.3, -0.25) is 9.69 Å². The van der Waals surface area contributed by atoms with Gasteiger partial charge in [0.2, 0.25) is 5.91 Å². The highest BCUT2D eigenvalue weighted by molar-refractivity contribution is 5.83. The number of likely N-dealkylation sites (tertiary alicyclic amines) is 1. The fourth-order valence-electron chi connectivity index (χ4n) is 3.75. The maximum atomic E-state index is 12.9. The van der Waals surface area contributed by atoms with Crippen LogP contribution >= 0.6 is 0 Å². The largest absolute Gasteiger partial charge is 0.348 e. The first kappa shape index (κ1) is 16.3. The number of rotatable bonds is 6. The molecule has 0 spiro atoms. The van der Waals surface area contributed by atoms with Gasteiger partial charge in [0.25, 0.3) is 0 Å². The molecule has 2 fully saturated rings. The predicted octanol–water partition coefficient (Wildman–Crippen LogP) is 2.32. The van der Waals surface area contributed by atoms with E-state index in [1.165, 1.54) is 25.7 Å². The number of carbonyl (C=O) groups excluding carboxylic acids is 1. The minimum atomic E-state index is 0.00106. The molecule has 1 saturated heterocycles. The third-order valence-electron chi connectivity index (χ3n) is 5.31. The summed E-state index contributed by atoms with van der Waals surface area (Å²) in [5.74, 6) is 0.747. The van der Waals surface area contributed by atoms with Gasteiger partial charge in [-0.05, 0) is 69.3 Å². The topological polar surface area (TPSA) is 63.1 Å². The fourth-order valence-corrected chi connectivity index (χ4v) is 3.75. The minimum Gasteiger partial charge on any atom is -0.348 e. The van der Waals surface area contributed by atoms with Gasteiger partial charge in [0, 0.05) is 0 Å².